The summed E-state index contributed by atoms with van der Waals surface area (Å²) in [5.41, 5.74) is 3.83. The molecule has 3 aromatic heterocycles. The Bertz CT molecular complexity index is 1340. The number of carbonyl (C=O) groups is 1. The molecule has 3 heterocycles. The highest BCUT2D eigenvalue weighted by Crippen LogP contribution is 2.32. The van der Waals surface area contributed by atoms with E-state index in [4.69, 9.17) is 39.5 Å². The van der Waals surface area contributed by atoms with Gasteiger partial charge < -0.3 is 15.4 Å². The number of pyridine rings is 2. The lowest BCUT2D eigenvalue weighted by Gasteiger charge is -2.13. The van der Waals surface area contributed by atoms with Gasteiger partial charge in [-0.15, -0.1) is 0 Å². The van der Waals surface area contributed by atoms with Gasteiger partial charge in [0.05, 0.1) is 10.7 Å². The van der Waals surface area contributed by atoms with Crippen molar-refractivity contribution in [3.63, 3.8) is 0 Å². The smallest absolute Gasteiger partial charge is 0.262 e. The Balaban J connectivity index is 1.44. The lowest BCUT2D eigenvalue weighted by atomic mass is 10.1. The maximum absolute atomic E-state index is 12.4. The number of hydrogen-bond donors (Lipinski definition) is 2. The van der Waals surface area contributed by atoms with Crippen LogP contribution >= 0.6 is 34.8 Å². The number of nitrogens with one attached hydrogen (secondary N) is 2. The largest absolute Gasteiger partial charge is 0.466 e. The molecule has 8 nitrogen and oxygen atoms in total. The highest BCUT2D eigenvalue weighted by Gasteiger charge is 2.13. The fourth-order valence-corrected chi connectivity index (χ4v) is 3.50. The van der Waals surface area contributed by atoms with Crippen LogP contribution in [0.15, 0.2) is 61.1 Å². The molecule has 1 amide bonds. The summed E-state index contributed by atoms with van der Waals surface area (Å²) in [4.78, 5) is 29.3. The molecule has 0 saturated carbocycles. The first-order valence-electron chi connectivity index (χ1n) is 9.94. The molecule has 0 saturated heterocycles. The number of carbonyl (C=O) groups excluding carboxylic acids is 1. The van der Waals surface area contributed by atoms with E-state index in [0.29, 0.717) is 11.6 Å². The second kappa shape index (κ2) is 10.6. The van der Waals surface area contributed by atoms with Gasteiger partial charge in [-0.3, -0.25) is 9.78 Å². The van der Waals surface area contributed by atoms with Crippen LogP contribution in [0.4, 0.5) is 17.3 Å². The molecule has 2 N–H and O–H groups in total. The third-order valence-electron chi connectivity index (χ3n) is 4.57. The van der Waals surface area contributed by atoms with E-state index in [2.05, 4.69) is 30.6 Å². The molecule has 11 heteroatoms. The molecule has 0 aliphatic carbocycles. The quantitative estimate of drug-likeness (QED) is 0.293. The molecule has 0 radical (unpaired) electrons. The second-order valence-electron chi connectivity index (χ2n) is 7.04. The molecular formula is C23H17Cl3N6O2. The van der Waals surface area contributed by atoms with Crippen molar-refractivity contribution in [2.24, 2.45) is 0 Å². The van der Waals surface area contributed by atoms with Crippen LogP contribution in [-0.4, -0.2) is 32.4 Å². The molecule has 34 heavy (non-hydrogen) atoms. The zero-order valence-electron chi connectivity index (χ0n) is 17.7. The molecule has 0 spiro atoms. The summed E-state index contributed by atoms with van der Waals surface area (Å²) in [7, 11) is 0. The topological polar surface area (TPSA) is 102 Å². The molecule has 0 aliphatic rings. The minimum atomic E-state index is -0.418. The van der Waals surface area contributed by atoms with Crippen LogP contribution in [0.25, 0.3) is 11.3 Å². The molecule has 0 aliphatic heterocycles. The Morgan fingerprint density at radius 1 is 1.06 bits per heavy atom. The van der Waals surface area contributed by atoms with Crippen LogP contribution in [0.2, 0.25) is 15.2 Å². The van der Waals surface area contributed by atoms with Crippen molar-refractivity contribution in [1.82, 2.24) is 19.9 Å². The number of nitrogens with zero attached hydrogens (tertiary/aromatic N) is 4. The Kier molecular flexibility index (Phi) is 7.42. The Morgan fingerprint density at radius 3 is 2.71 bits per heavy atom. The van der Waals surface area contributed by atoms with E-state index >= 15 is 0 Å². The van der Waals surface area contributed by atoms with Gasteiger partial charge in [0.25, 0.3) is 5.91 Å². The number of hydrogen-bond acceptors (Lipinski definition) is 7. The zero-order chi connectivity index (χ0) is 24.1. The average Bonchev–Trinajstić information content (AvgIpc) is 2.83. The van der Waals surface area contributed by atoms with Crippen LogP contribution in [0.1, 0.15) is 5.56 Å². The van der Waals surface area contributed by atoms with Crippen LogP contribution in [0.5, 0.6) is 5.88 Å². The Morgan fingerprint density at radius 2 is 1.91 bits per heavy atom. The number of aryl methyl sites for hydroxylation is 1. The van der Waals surface area contributed by atoms with Crippen molar-refractivity contribution < 1.29 is 9.53 Å². The first-order valence-corrected chi connectivity index (χ1v) is 11.1. The van der Waals surface area contributed by atoms with Gasteiger partial charge in [0.1, 0.15) is 10.2 Å². The van der Waals surface area contributed by atoms with Gasteiger partial charge in [-0.1, -0.05) is 40.9 Å². The fourth-order valence-electron chi connectivity index (χ4n) is 2.92. The van der Waals surface area contributed by atoms with E-state index in [0.717, 1.165) is 22.5 Å². The monoisotopic (exact) mass is 514 g/mol. The van der Waals surface area contributed by atoms with Gasteiger partial charge in [-0.2, -0.15) is 0 Å². The van der Waals surface area contributed by atoms with Crippen molar-refractivity contribution in [1.29, 1.82) is 0 Å². The van der Waals surface area contributed by atoms with Crippen LogP contribution in [-0.2, 0) is 4.79 Å². The van der Waals surface area contributed by atoms with Crippen LogP contribution < -0.4 is 15.4 Å². The normalized spacial score (nSPS) is 10.6. The predicted octanol–water partition coefficient (Wildman–Crippen LogP) is 5.96. The van der Waals surface area contributed by atoms with Gasteiger partial charge >= 0.3 is 0 Å². The number of anilines is 3. The zero-order valence-corrected chi connectivity index (χ0v) is 20.0. The maximum atomic E-state index is 12.4. The summed E-state index contributed by atoms with van der Waals surface area (Å²) in [5.74, 6) is -0.0281. The van der Waals surface area contributed by atoms with Crippen molar-refractivity contribution >= 4 is 58.0 Å². The molecule has 4 rings (SSSR count). The molecule has 0 atom stereocenters. The summed E-state index contributed by atoms with van der Waals surface area (Å²) >= 11 is 17.8. The molecule has 4 aromatic rings. The number of rotatable bonds is 7. The minimum Gasteiger partial charge on any atom is -0.466 e. The molecule has 0 fully saturated rings. The number of halogens is 3. The standard InChI is InChI=1S/C23H17Cl3N6O2/c1-13-4-5-15(29-20(33)12-34-22-21(26)16(24)10-19(25)32-22)9-18(13)31-23-28-8-6-17(30-23)14-3-2-7-27-11-14/h2-11H,12H2,1H3,(H,29,33)(H,28,30,31). The minimum absolute atomic E-state index is 0.0220. The molecule has 0 unspecified atom stereocenters. The van der Waals surface area contributed by atoms with Gasteiger partial charge in [0.2, 0.25) is 11.8 Å². The number of aromatic nitrogens is 4. The van der Waals surface area contributed by atoms with Gasteiger partial charge in [0.15, 0.2) is 6.61 Å². The van der Waals surface area contributed by atoms with Crippen molar-refractivity contribution in [3.05, 3.63) is 81.8 Å². The fraction of sp³-hybridized carbons (Fsp3) is 0.0870. The van der Waals surface area contributed by atoms with Crippen LogP contribution in [0, 0.1) is 6.92 Å². The third kappa shape index (κ3) is 5.91. The first kappa shape index (κ1) is 23.7. The summed E-state index contributed by atoms with van der Waals surface area (Å²) in [6.07, 6.45) is 5.10. The van der Waals surface area contributed by atoms with E-state index in [9.17, 15) is 4.79 Å². The summed E-state index contributed by atoms with van der Waals surface area (Å²) in [6, 6.07) is 12.4. The summed E-state index contributed by atoms with van der Waals surface area (Å²) in [6.45, 7) is 1.59. The van der Waals surface area contributed by atoms with Crippen molar-refractivity contribution in [2.75, 3.05) is 17.2 Å². The highest BCUT2D eigenvalue weighted by atomic mass is 35.5. The number of amides is 1. The van der Waals surface area contributed by atoms with E-state index < -0.39 is 5.91 Å². The summed E-state index contributed by atoms with van der Waals surface area (Å²) in [5, 5.41) is 6.32. The number of ether oxygens (including phenoxy) is 1. The number of benzene rings is 1. The van der Waals surface area contributed by atoms with Crippen molar-refractivity contribution in [2.45, 2.75) is 6.92 Å². The van der Waals surface area contributed by atoms with E-state index in [1.54, 1.807) is 36.8 Å². The second-order valence-corrected chi connectivity index (χ2v) is 8.22. The average molecular weight is 516 g/mol. The third-order valence-corrected chi connectivity index (χ3v) is 5.53. The lowest BCUT2D eigenvalue weighted by molar-refractivity contribution is -0.118. The van der Waals surface area contributed by atoms with E-state index in [1.807, 2.05) is 25.1 Å². The maximum Gasteiger partial charge on any atom is 0.262 e. The first-order chi connectivity index (χ1) is 16.4. The molecular weight excluding hydrogens is 499 g/mol. The summed E-state index contributed by atoms with van der Waals surface area (Å²) < 4.78 is 5.37. The van der Waals surface area contributed by atoms with Gasteiger partial charge in [-0.05, 0) is 48.9 Å². The molecule has 0 bridgehead atoms. The SMILES string of the molecule is Cc1ccc(NC(=O)COc2nc(Cl)cc(Cl)c2Cl)cc1Nc1nccc(-c2cccnc2)n1. The van der Waals surface area contributed by atoms with E-state index in [-0.39, 0.29) is 27.7 Å². The molecule has 1 aromatic carbocycles. The Hall–Kier alpha value is -3.46. The van der Waals surface area contributed by atoms with E-state index in [1.165, 1.54) is 6.07 Å². The lowest BCUT2D eigenvalue weighted by Crippen LogP contribution is -2.20. The predicted molar refractivity (Wildman–Crippen MR) is 133 cm³/mol. The van der Waals surface area contributed by atoms with Gasteiger partial charge in [-0.25, -0.2) is 15.0 Å². The van der Waals surface area contributed by atoms with Gasteiger partial charge in [0, 0.05) is 35.5 Å². The van der Waals surface area contributed by atoms with Crippen molar-refractivity contribution in [3.8, 4) is 17.1 Å². The highest BCUT2D eigenvalue weighted by molar-refractivity contribution is 6.43. The van der Waals surface area contributed by atoms with Crippen LogP contribution in [0.3, 0.4) is 0 Å². The Labute approximate surface area is 210 Å². The molecule has 172 valence electrons.